The number of nitrogens with zero attached hydrogens (tertiary/aromatic N) is 1. The number of hydrogen-bond acceptors (Lipinski definition) is 5. The zero-order chi connectivity index (χ0) is 19.5. The van der Waals surface area contributed by atoms with Gasteiger partial charge in [0, 0.05) is 28.7 Å². The van der Waals surface area contributed by atoms with Crippen molar-refractivity contribution in [3.05, 3.63) is 70.9 Å². The summed E-state index contributed by atoms with van der Waals surface area (Å²) in [7, 11) is 0. The second-order valence-electron chi connectivity index (χ2n) is 6.40. The normalized spacial score (nSPS) is 15.4. The molecule has 5 nitrogen and oxygen atoms in total. The summed E-state index contributed by atoms with van der Waals surface area (Å²) in [5.41, 5.74) is 0.597. The highest BCUT2D eigenvalue weighted by Gasteiger charge is 2.31. The molecular formula is C21H18FNO4S. The van der Waals surface area contributed by atoms with E-state index < -0.39 is 17.9 Å². The first-order valence-electron chi connectivity index (χ1n) is 8.94. The maximum absolute atomic E-state index is 13.9. The van der Waals surface area contributed by atoms with E-state index in [1.54, 1.807) is 41.3 Å². The van der Waals surface area contributed by atoms with Crippen molar-refractivity contribution < 1.29 is 23.5 Å². The first-order valence-corrected chi connectivity index (χ1v) is 9.75. The van der Waals surface area contributed by atoms with E-state index in [1.165, 1.54) is 12.1 Å². The predicted molar refractivity (Wildman–Crippen MR) is 104 cm³/mol. The highest BCUT2D eigenvalue weighted by Crippen LogP contribution is 2.30. The minimum Gasteiger partial charge on any atom is -0.443 e. The minimum absolute atomic E-state index is 0.260. The first-order chi connectivity index (χ1) is 13.6. The molecule has 0 spiro atoms. The zero-order valence-corrected chi connectivity index (χ0v) is 15.8. The third-order valence-corrected chi connectivity index (χ3v) is 5.66. The zero-order valence-electron chi connectivity index (χ0n) is 15.0. The number of amides is 1. The molecule has 28 heavy (non-hydrogen) atoms. The molecule has 0 N–H and O–H groups in total. The van der Waals surface area contributed by atoms with Gasteiger partial charge in [0.15, 0.2) is 0 Å². The van der Waals surface area contributed by atoms with Crippen molar-refractivity contribution in [2.45, 2.75) is 6.10 Å². The van der Waals surface area contributed by atoms with Crippen LogP contribution in [0.15, 0.2) is 54.6 Å². The molecule has 1 amide bonds. The minimum atomic E-state index is -1.05. The molecule has 144 valence electrons. The van der Waals surface area contributed by atoms with Gasteiger partial charge in [-0.25, -0.2) is 9.18 Å². The van der Waals surface area contributed by atoms with E-state index in [0.29, 0.717) is 42.0 Å². The van der Waals surface area contributed by atoms with Crippen LogP contribution in [0.1, 0.15) is 21.3 Å². The molecule has 0 aliphatic carbocycles. The van der Waals surface area contributed by atoms with E-state index in [-0.39, 0.29) is 10.8 Å². The van der Waals surface area contributed by atoms with Gasteiger partial charge >= 0.3 is 5.97 Å². The average molecular weight is 399 g/mol. The predicted octanol–water partition coefficient (Wildman–Crippen LogP) is 3.80. The number of hydrogen-bond donors (Lipinski definition) is 0. The van der Waals surface area contributed by atoms with Crippen LogP contribution < -0.4 is 0 Å². The van der Waals surface area contributed by atoms with E-state index in [4.69, 9.17) is 9.47 Å². The Morgan fingerprint density at radius 3 is 2.54 bits per heavy atom. The third kappa shape index (κ3) is 3.76. The molecule has 1 aliphatic rings. The summed E-state index contributed by atoms with van der Waals surface area (Å²) in [4.78, 5) is 27.7. The number of halogens is 1. The molecule has 0 radical (unpaired) electrons. The molecular weight excluding hydrogens is 381 g/mol. The van der Waals surface area contributed by atoms with Crippen LogP contribution in [-0.4, -0.2) is 43.1 Å². The van der Waals surface area contributed by atoms with Crippen molar-refractivity contribution in [2.24, 2.45) is 0 Å². The Balaban J connectivity index is 1.61. The van der Waals surface area contributed by atoms with E-state index in [0.717, 1.165) is 11.3 Å². The van der Waals surface area contributed by atoms with Gasteiger partial charge in [-0.15, -0.1) is 11.3 Å². The monoisotopic (exact) mass is 399 g/mol. The Hall–Kier alpha value is -2.77. The van der Waals surface area contributed by atoms with Crippen LogP contribution in [0.5, 0.6) is 0 Å². The van der Waals surface area contributed by atoms with Gasteiger partial charge in [-0.05, 0) is 18.2 Å². The number of rotatable bonds is 4. The number of carbonyl (C=O) groups excluding carboxylic acids is 2. The lowest BCUT2D eigenvalue weighted by atomic mass is 10.1. The molecule has 1 saturated heterocycles. The Bertz CT molecular complexity index is 998. The molecule has 7 heteroatoms. The van der Waals surface area contributed by atoms with Crippen molar-refractivity contribution >= 4 is 33.3 Å². The standard InChI is InChI=1S/C21H18FNO4S/c22-16-7-4-8-17-15(16)13-18(28-17)21(25)27-19(14-5-2-1-3-6-14)20(24)23-9-11-26-12-10-23/h1-8,13,19H,9-12H2/t19-/m0/s1. The molecule has 1 fully saturated rings. The Morgan fingerprint density at radius 2 is 1.82 bits per heavy atom. The van der Waals surface area contributed by atoms with Crippen LogP contribution in [0.3, 0.4) is 0 Å². The summed E-state index contributed by atoms with van der Waals surface area (Å²) in [6, 6.07) is 15.1. The number of thiophene rings is 1. The molecule has 1 aliphatic heterocycles. The molecule has 0 bridgehead atoms. The Kier molecular flexibility index (Phi) is 5.36. The molecule has 2 heterocycles. The van der Waals surface area contributed by atoms with Crippen LogP contribution in [0.4, 0.5) is 4.39 Å². The smallest absolute Gasteiger partial charge is 0.349 e. The molecule has 1 atom stereocenters. The summed E-state index contributed by atoms with van der Waals surface area (Å²) in [6.45, 7) is 1.81. The Morgan fingerprint density at radius 1 is 1.07 bits per heavy atom. The lowest BCUT2D eigenvalue weighted by Gasteiger charge is -2.30. The maximum atomic E-state index is 13.9. The largest absolute Gasteiger partial charge is 0.443 e. The van der Waals surface area contributed by atoms with Crippen molar-refractivity contribution in [3.8, 4) is 0 Å². The highest BCUT2D eigenvalue weighted by molar-refractivity contribution is 7.20. The Labute approximate surface area is 165 Å². The molecule has 0 unspecified atom stereocenters. The number of carbonyl (C=O) groups is 2. The number of ether oxygens (including phenoxy) is 2. The SMILES string of the molecule is O=C(O[C@H](C(=O)N1CCOCC1)c1ccccc1)c1cc2c(F)cccc2s1. The van der Waals surface area contributed by atoms with Crippen LogP contribution in [0.25, 0.3) is 10.1 Å². The van der Waals surface area contributed by atoms with Gasteiger partial charge in [0.05, 0.1) is 13.2 Å². The van der Waals surface area contributed by atoms with Gasteiger partial charge in [0.25, 0.3) is 5.91 Å². The van der Waals surface area contributed by atoms with E-state index in [1.807, 2.05) is 6.07 Å². The number of esters is 1. The summed E-state index contributed by atoms with van der Waals surface area (Å²) in [6.07, 6.45) is -1.05. The summed E-state index contributed by atoms with van der Waals surface area (Å²) in [5.74, 6) is -1.32. The summed E-state index contributed by atoms with van der Waals surface area (Å²) >= 11 is 1.14. The van der Waals surface area contributed by atoms with Gasteiger partial charge in [0.1, 0.15) is 10.7 Å². The fourth-order valence-corrected chi connectivity index (χ4v) is 4.09. The van der Waals surface area contributed by atoms with Crippen molar-refractivity contribution in [2.75, 3.05) is 26.3 Å². The van der Waals surface area contributed by atoms with Gasteiger partial charge in [-0.3, -0.25) is 4.79 Å². The maximum Gasteiger partial charge on any atom is 0.349 e. The number of morpholine rings is 1. The van der Waals surface area contributed by atoms with Crippen molar-refractivity contribution in [3.63, 3.8) is 0 Å². The van der Waals surface area contributed by atoms with Crippen LogP contribution in [0.2, 0.25) is 0 Å². The lowest BCUT2D eigenvalue weighted by Crippen LogP contribution is -2.44. The first kappa shape index (κ1) is 18.6. The fraction of sp³-hybridized carbons (Fsp3) is 0.238. The second kappa shape index (κ2) is 8.08. The van der Waals surface area contributed by atoms with Gasteiger partial charge in [0.2, 0.25) is 6.10 Å². The van der Waals surface area contributed by atoms with Gasteiger partial charge in [-0.1, -0.05) is 36.4 Å². The molecule has 3 aromatic rings. The summed E-state index contributed by atoms with van der Waals surface area (Å²) in [5, 5.41) is 0.371. The molecule has 1 aromatic heterocycles. The quantitative estimate of drug-likeness (QED) is 0.627. The molecule has 2 aromatic carbocycles. The van der Waals surface area contributed by atoms with E-state index in [9.17, 15) is 14.0 Å². The van der Waals surface area contributed by atoms with Crippen LogP contribution in [0, 0.1) is 5.82 Å². The van der Waals surface area contributed by atoms with Crippen LogP contribution in [-0.2, 0) is 14.3 Å². The number of benzene rings is 2. The number of fused-ring (bicyclic) bond motifs is 1. The average Bonchev–Trinajstić information content (AvgIpc) is 3.19. The van der Waals surface area contributed by atoms with E-state index in [2.05, 4.69) is 0 Å². The second-order valence-corrected chi connectivity index (χ2v) is 7.48. The van der Waals surface area contributed by atoms with Crippen molar-refractivity contribution in [1.29, 1.82) is 0 Å². The highest BCUT2D eigenvalue weighted by atomic mass is 32.1. The van der Waals surface area contributed by atoms with Crippen LogP contribution >= 0.6 is 11.3 Å². The van der Waals surface area contributed by atoms with E-state index >= 15 is 0 Å². The molecule has 4 rings (SSSR count). The topological polar surface area (TPSA) is 55.8 Å². The van der Waals surface area contributed by atoms with Gasteiger partial charge in [-0.2, -0.15) is 0 Å². The summed E-state index contributed by atoms with van der Waals surface area (Å²) < 4.78 is 25.5. The van der Waals surface area contributed by atoms with Gasteiger partial charge < -0.3 is 14.4 Å². The van der Waals surface area contributed by atoms with Crippen molar-refractivity contribution in [1.82, 2.24) is 4.90 Å². The third-order valence-electron chi connectivity index (χ3n) is 4.58. The lowest BCUT2D eigenvalue weighted by molar-refractivity contribution is -0.145. The molecule has 0 saturated carbocycles. The fourth-order valence-electron chi connectivity index (χ4n) is 3.13.